The molecule has 0 saturated heterocycles. The SMILES string of the molecule is C#CC[C@H](C)CO[Si](C)(C)C(C)(C)C. The number of terminal acetylenes is 1. The fourth-order valence-corrected chi connectivity index (χ4v) is 1.96. The summed E-state index contributed by atoms with van der Waals surface area (Å²) in [6, 6.07) is 0. The maximum absolute atomic E-state index is 6.05. The third-order valence-corrected chi connectivity index (χ3v) is 7.50. The summed E-state index contributed by atoms with van der Waals surface area (Å²) in [4.78, 5) is 0. The highest BCUT2D eigenvalue weighted by molar-refractivity contribution is 6.74. The summed E-state index contributed by atoms with van der Waals surface area (Å²) in [5.74, 6) is 3.16. The average Bonchev–Trinajstić information content (AvgIpc) is 1.99. The van der Waals surface area contributed by atoms with Crippen molar-refractivity contribution in [1.29, 1.82) is 0 Å². The van der Waals surface area contributed by atoms with Gasteiger partial charge in [0.05, 0.1) is 0 Å². The molecule has 0 aromatic heterocycles. The van der Waals surface area contributed by atoms with E-state index in [-0.39, 0.29) is 0 Å². The van der Waals surface area contributed by atoms with Gasteiger partial charge in [0, 0.05) is 13.0 Å². The maximum Gasteiger partial charge on any atom is 0.191 e. The molecule has 82 valence electrons. The van der Waals surface area contributed by atoms with Crippen LogP contribution in [0.25, 0.3) is 0 Å². The van der Waals surface area contributed by atoms with E-state index < -0.39 is 8.32 Å². The van der Waals surface area contributed by atoms with E-state index in [1.54, 1.807) is 0 Å². The van der Waals surface area contributed by atoms with E-state index in [0.717, 1.165) is 13.0 Å². The molecule has 0 spiro atoms. The zero-order chi connectivity index (χ0) is 11.4. The molecule has 0 amide bonds. The van der Waals surface area contributed by atoms with Crippen LogP contribution < -0.4 is 0 Å². The van der Waals surface area contributed by atoms with E-state index in [0.29, 0.717) is 11.0 Å². The summed E-state index contributed by atoms with van der Waals surface area (Å²) in [7, 11) is -1.57. The van der Waals surface area contributed by atoms with E-state index in [1.165, 1.54) is 0 Å². The van der Waals surface area contributed by atoms with E-state index in [2.05, 4.69) is 46.7 Å². The second kappa shape index (κ2) is 5.00. The van der Waals surface area contributed by atoms with Gasteiger partial charge in [0.1, 0.15) is 0 Å². The van der Waals surface area contributed by atoms with Gasteiger partial charge in [0.25, 0.3) is 0 Å². The molecule has 2 heteroatoms. The molecule has 0 rings (SSSR count). The third kappa shape index (κ3) is 4.30. The molecule has 0 radical (unpaired) electrons. The van der Waals surface area contributed by atoms with E-state index in [9.17, 15) is 0 Å². The molecule has 0 N–H and O–H groups in total. The van der Waals surface area contributed by atoms with Gasteiger partial charge in [-0.15, -0.1) is 12.3 Å². The van der Waals surface area contributed by atoms with Crippen molar-refractivity contribution in [3.05, 3.63) is 0 Å². The van der Waals surface area contributed by atoms with Crippen molar-refractivity contribution >= 4 is 8.32 Å². The molecule has 1 atom stereocenters. The molecular formula is C12H24OSi. The second-order valence-electron chi connectivity index (χ2n) is 5.58. The molecule has 1 nitrogen and oxygen atoms in total. The largest absolute Gasteiger partial charge is 0.417 e. The third-order valence-electron chi connectivity index (χ3n) is 3.00. The lowest BCUT2D eigenvalue weighted by atomic mass is 10.1. The molecule has 0 aromatic carbocycles. The van der Waals surface area contributed by atoms with Crippen molar-refractivity contribution in [2.24, 2.45) is 5.92 Å². The van der Waals surface area contributed by atoms with Gasteiger partial charge in [0.15, 0.2) is 8.32 Å². The van der Waals surface area contributed by atoms with Crippen molar-refractivity contribution in [3.8, 4) is 12.3 Å². The molecule has 0 aliphatic rings. The molecule has 0 aliphatic heterocycles. The Kier molecular flexibility index (Phi) is 4.90. The maximum atomic E-state index is 6.05. The van der Waals surface area contributed by atoms with Crippen LogP contribution in [-0.4, -0.2) is 14.9 Å². The zero-order valence-corrected chi connectivity index (χ0v) is 11.5. The van der Waals surface area contributed by atoms with Crippen LogP contribution in [0, 0.1) is 18.3 Å². The first-order valence-electron chi connectivity index (χ1n) is 5.28. The molecule has 14 heavy (non-hydrogen) atoms. The smallest absolute Gasteiger partial charge is 0.191 e. The summed E-state index contributed by atoms with van der Waals surface area (Å²) in [6.45, 7) is 14.3. The van der Waals surface area contributed by atoms with Gasteiger partial charge in [-0.25, -0.2) is 0 Å². The van der Waals surface area contributed by atoms with E-state index in [1.807, 2.05) is 0 Å². The molecule has 0 aromatic rings. The molecule has 0 aliphatic carbocycles. The van der Waals surface area contributed by atoms with Crippen molar-refractivity contribution in [2.45, 2.75) is 52.2 Å². The summed E-state index contributed by atoms with van der Waals surface area (Å²) in [5, 5.41) is 0.295. The van der Waals surface area contributed by atoms with Gasteiger partial charge in [-0.1, -0.05) is 27.7 Å². The van der Waals surface area contributed by atoms with Gasteiger partial charge in [-0.2, -0.15) is 0 Å². The van der Waals surface area contributed by atoms with Gasteiger partial charge in [-0.05, 0) is 24.1 Å². The van der Waals surface area contributed by atoms with Crippen LogP contribution in [0.1, 0.15) is 34.1 Å². The zero-order valence-electron chi connectivity index (χ0n) is 10.5. The van der Waals surface area contributed by atoms with E-state index >= 15 is 0 Å². The Morgan fingerprint density at radius 3 is 2.21 bits per heavy atom. The Morgan fingerprint density at radius 1 is 1.36 bits per heavy atom. The van der Waals surface area contributed by atoms with Gasteiger partial charge >= 0.3 is 0 Å². The highest BCUT2D eigenvalue weighted by Crippen LogP contribution is 2.36. The highest BCUT2D eigenvalue weighted by atomic mass is 28.4. The first-order valence-corrected chi connectivity index (χ1v) is 8.19. The molecule has 0 saturated carbocycles. The molecule has 0 bridgehead atoms. The minimum atomic E-state index is -1.57. The van der Waals surface area contributed by atoms with Gasteiger partial charge < -0.3 is 4.43 Å². The second-order valence-corrected chi connectivity index (χ2v) is 10.4. The highest BCUT2D eigenvalue weighted by Gasteiger charge is 2.37. The van der Waals surface area contributed by atoms with Crippen LogP contribution >= 0.6 is 0 Å². The van der Waals surface area contributed by atoms with Crippen molar-refractivity contribution in [3.63, 3.8) is 0 Å². The van der Waals surface area contributed by atoms with Crippen LogP contribution in [0.2, 0.25) is 18.1 Å². The van der Waals surface area contributed by atoms with Gasteiger partial charge in [-0.3, -0.25) is 0 Å². The minimum Gasteiger partial charge on any atom is -0.417 e. The average molecular weight is 212 g/mol. The molecule has 0 heterocycles. The Labute approximate surface area is 90.4 Å². The van der Waals surface area contributed by atoms with E-state index in [4.69, 9.17) is 10.8 Å². The van der Waals surface area contributed by atoms with Crippen LogP contribution in [0.5, 0.6) is 0 Å². The molecular weight excluding hydrogens is 188 g/mol. The van der Waals surface area contributed by atoms with Crippen LogP contribution in [-0.2, 0) is 4.43 Å². The van der Waals surface area contributed by atoms with Gasteiger partial charge in [0.2, 0.25) is 0 Å². The normalized spacial score (nSPS) is 14.9. The summed E-state index contributed by atoms with van der Waals surface area (Å²) in [5.41, 5.74) is 0. The predicted octanol–water partition coefficient (Wildman–Crippen LogP) is 3.67. The number of hydrogen-bond donors (Lipinski definition) is 0. The standard InChI is InChI=1S/C12H24OSi/c1-8-9-11(2)10-13-14(6,7)12(3,4)5/h1,11H,9-10H2,2-7H3/t11-/m0/s1. The minimum absolute atomic E-state index is 0.295. The summed E-state index contributed by atoms with van der Waals surface area (Å²) >= 11 is 0. The van der Waals surface area contributed by atoms with Crippen molar-refractivity contribution in [1.82, 2.24) is 0 Å². The number of rotatable bonds is 4. The fourth-order valence-electron chi connectivity index (χ4n) is 0.827. The first-order chi connectivity index (χ1) is 6.20. The lowest BCUT2D eigenvalue weighted by Crippen LogP contribution is -2.41. The van der Waals surface area contributed by atoms with Crippen LogP contribution in [0.3, 0.4) is 0 Å². The van der Waals surface area contributed by atoms with Crippen LogP contribution in [0.15, 0.2) is 0 Å². The van der Waals surface area contributed by atoms with Crippen molar-refractivity contribution in [2.75, 3.05) is 6.61 Å². The summed E-state index contributed by atoms with van der Waals surface area (Å²) in [6.07, 6.45) is 6.07. The monoisotopic (exact) mass is 212 g/mol. The quantitative estimate of drug-likeness (QED) is 0.510. The fraction of sp³-hybridized carbons (Fsp3) is 0.833. The topological polar surface area (TPSA) is 9.23 Å². The Hall–Kier alpha value is -0.263. The molecule has 0 unspecified atom stereocenters. The predicted molar refractivity (Wildman–Crippen MR) is 65.8 cm³/mol. The summed E-state index contributed by atoms with van der Waals surface area (Å²) < 4.78 is 6.05. The lowest BCUT2D eigenvalue weighted by Gasteiger charge is -2.36. The Bertz CT molecular complexity index is 207. The Balaban J connectivity index is 4.07. The van der Waals surface area contributed by atoms with Crippen LogP contribution in [0.4, 0.5) is 0 Å². The lowest BCUT2D eigenvalue weighted by molar-refractivity contribution is 0.240. The molecule has 0 fully saturated rings. The number of hydrogen-bond acceptors (Lipinski definition) is 1. The first kappa shape index (κ1) is 13.7. The van der Waals surface area contributed by atoms with Crippen molar-refractivity contribution < 1.29 is 4.43 Å². The Morgan fingerprint density at radius 2 is 1.86 bits per heavy atom.